The van der Waals surface area contributed by atoms with Gasteiger partial charge < -0.3 is 9.64 Å². The van der Waals surface area contributed by atoms with Crippen molar-refractivity contribution in [3.63, 3.8) is 0 Å². The van der Waals surface area contributed by atoms with Crippen LogP contribution in [0.1, 0.15) is 29.6 Å². The van der Waals surface area contributed by atoms with E-state index in [0.717, 1.165) is 86.0 Å². The summed E-state index contributed by atoms with van der Waals surface area (Å²) in [7, 11) is -8.56. The highest BCUT2D eigenvalue weighted by Crippen LogP contribution is 2.25. The number of piperidine rings is 1. The number of carbonyl (C=O) groups excluding carboxylic acids is 2. The third-order valence-electron chi connectivity index (χ3n) is 5.96. The maximum absolute atomic E-state index is 13.3. The van der Waals surface area contributed by atoms with E-state index in [1.807, 2.05) is 0 Å². The first-order valence-corrected chi connectivity index (χ1v) is 15.1. The van der Waals surface area contributed by atoms with E-state index in [1.54, 1.807) is 4.90 Å². The Morgan fingerprint density at radius 2 is 1.18 bits per heavy atom. The molecule has 1 saturated heterocycles. The third kappa shape index (κ3) is 7.33. The molecule has 0 saturated carbocycles. The molecule has 1 heterocycles. The zero-order valence-corrected chi connectivity index (χ0v) is 22.6. The molecule has 0 radical (unpaired) electrons. The Bertz CT molecular complexity index is 1510. The van der Waals surface area contributed by atoms with Gasteiger partial charge in [0.15, 0.2) is 6.61 Å². The molecule has 14 heteroatoms. The van der Waals surface area contributed by atoms with E-state index in [0.29, 0.717) is 13.1 Å². The summed E-state index contributed by atoms with van der Waals surface area (Å²) >= 11 is 0. The zero-order valence-electron chi connectivity index (χ0n) is 21.0. The van der Waals surface area contributed by atoms with Gasteiger partial charge in [0, 0.05) is 13.1 Å². The van der Waals surface area contributed by atoms with Crippen LogP contribution in [0, 0.1) is 11.6 Å². The molecule has 0 atom stereocenters. The molecule has 0 aromatic heterocycles. The molecule has 0 bridgehead atoms. The lowest BCUT2D eigenvalue weighted by Crippen LogP contribution is -2.38. The normalized spacial score (nSPS) is 13.9. The van der Waals surface area contributed by atoms with Crippen LogP contribution in [0.15, 0.2) is 76.5 Å². The lowest BCUT2D eigenvalue weighted by Gasteiger charge is -2.26. The topological polar surface area (TPSA) is 139 Å². The number of anilines is 2. The van der Waals surface area contributed by atoms with Crippen LogP contribution < -0.4 is 9.44 Å². The molecular weight excluding hydrogens is 568 g/mol. The fourth-order valence-electron chi connectivity index (χ4n) is 3.96. The monoisotopic (exact) mass is 593 g/mol. The maximum atomic E-state index is 13.3. The van der Waals surface area contributed by atoms with E-state index in [4.69, 9.17) is 4.74 Å². The second-order valence-corrected chi connectivity index (χ2v) is 12.3. The quantitative estimate of drug-likeness (QED) is 0.361. The number of halogens is 2. The van der Waals surface area contributed by atoms with Crippen molar-refractivity contribution < 1.29 is 39.9 Å². The average Bonchev–Trinajstić information content (AvgIpc) is 2.92. The van der Waals surface area contributed by atoms with E-state index >= 15 is 0 Å². The molecule has 0 unspecified atom stereocenters. The summed E-state index contributed by atoms with van der Waals surface area (Å²) < 4.78 is 87.6. The largest absolute Gasteiger partial charge is 0.452 e. The summed E-state index contributed by atoms with van der Waals surface area (Å²) in [5, 5.41) is 0. The number of likely N-dealkylation sites (tertiary alicyclic amines) is 1. The highest BCUT2D eigenvalue weighted by molar-refractivity contribution is 7.93. The summed E-state index contributed by atoms with van der Waals surface area (Å²) in [4.78, 5) is 26.3. The molecule has 2 N–H and O–H groups in total. The first-order chi connectivity index (χ1) is 18.9. The number of nitrogens with one attached hydrogen (secondary N) is 2. The van der Waals surface area contributed by atoms with Crippen molar-refractivity contribution in [1.29, 1.82) is 0 Å². The molecule has 10 nitrogen and oxygen atoms in total. The number of hydrogen-bond acceptors (Lipinski definition) is 7. The van der Waals surface area contributed by atoms with Crippen LogP contribution in [-0.2, 0) is 29.6 Å². The van der Waals surface area contributed by atoms with Crippen molar-refractivity contribution in [2.24, 2.45) is 0 Å². The number of benzene rings is 3. The Kier molecular flexibility index (Phi) is 8.69. The SMILES string of the molecule is O=C(OCC(=O)N1CCCCC1)c1cc(NS(=O)(=O)c2ccc(F)cc2)cc(NS(=O)(=O)c2ccc(F)cc2)c1. The number of esters is 1. The number of amides is 1. The molecule has 0 aliphatic carbocycles. The van der Waals surface area contributed by atoms with Gasteiger partial charge in [-0.3, -0.25) is 14.2 Å². The summed E-state index contributed by atoms with van der Waals surface area (Å²) in [6.45, 7) is 0.541. The molecular formula is C26H25F2N3O7S2. The van der Waals surface area contributed by atoms with Gasteiger partial charge in [-0.1, -0.05) is 0 Å². The van der Waals surface area contributed by atoms with Gasteiger partial charge in [0.1, 0.15) is 11.6 Å². The smallest absolute Gasteiger partial charge is 0.338 e. The molecule has 4 rings (SSSR count). The standard InChI is InChI=1S/C26H25F2N3O7S2/c27-19-4-8-23(9-5-19)39(34,35)29-21-14-18(26(33)38-17-25(32)31-12-2-1-3-13-31)15-22(16-21)30-40(36,37)24-10-6-20(28)7-11-24/h4-11,14-16,29-30H,1-3,12-13,17H2. The van der Waals surface area contributed by atoms with Gasteiger partial charge >= 0.3 is 5.97 Å². The van der Waals surface area contributed by atoms with Crippen molar-refractivity contribution in [3.8, 4) is 0 Å². The molecule has 0 spiro atoms. The van der Waals surface area contributed by atoms with E-state index < -0.39 is 50.2 Å². The average molecular weight is 594 g/mol. The van der Waals surface area contributed by atoms with E-state index in [9.17, 15) is 35.2 Å². The van der Waals surface area contributed by atoms with Gasteiger partial charge in [-0.05, 0) is 86.0 Å². The van der Waals surface area contributed by atoms with Gasteiger partial charge in [0.2, 0.25) is 0 Å². The Labute approximate surface area is 230 Å². The van der Waals surface area contributed by atoms with Gasteiger partial charge in [-0.15, -0.1) is 0 Å². The lowest BCUT2D eigenvalue weighted by molar-refractivity contribution is -0.135. The minimum atomic E-state index is -4.28. The molecule has 40 heavy (non-hydrogen) atoms. The lowest BCUT2D eigenvalue weighted by atomic mass is 10.1. The zero-order chi connectivity index (χ0) is 28.9. The van der Waals surface area contributed by atoms with Crippen molar-refractivity contribution in [1.82, 2.24) is 4.90 Å². The van der Waals surface area contributed by atoms with Gasteiger partial charge in [0.25, 0.3) is 26.0 Å². The Morgan fingerprint density at radius 1 is 0.725 bits per heavy atom. The van der Waals surface area contributed by atoms with Crippen molar-refractivity contribution in [2.45, 2.75) is 29.1 Å². The first kappa shape index (κ1) is 29.0. The minimum Gasteiger partial charge on any atom is -0.452 e. The second kappa shape index (κ2) is 12.0. The Morgan fingerprint density at radius 3 is 1.62 bits per heavy atom. The van der Waals surface area contributed by atoms with Crippen LogP contribution in [-0.4, -0.2) is 53.3 Å². The fraction of sp³-hybridized carbons (Fsp3) is 0.231. The van der Waals surface area contributed by atoms with Crippen LogP contribution in [0.4, 0.5) is 20.2 Å². The number of carbonyl (C=O) groups is 2. The molecule has 3 aromatic carbocycles. The summed E-state index contributed by atoms with van der Waals surface area (Å²) in [6.07, 6.45) is 2.68. The number of hydrogen-bond donors (Lipinski definition) is 2. The number of nitrogens with zero attached hydrogens (tertiary/aromatic N) is 1. The molecule has 1 aliphatic heterocycles. The van der Waals surface area contributed by atoms with E-state index in [-0.39, 0.29) is 26.7 Å². The number of ether oxygens (including phenoxy) is 1. The fourth-order valence-corrected chi connectivity index (χ4v) is 6.04. The first-order valence-electron chi connectivity index (χ1n) is 12.1. The highest BCUT2D eigenvalue weighted by atomic mass is 32.2. The van der Waals surface area contributed by atoms with Crippen LogP contribution >= 0.6 is 0 Å². The number of rotatable bonds is 9. The predicted octanol–water partition coefficient (Wildman–Crippen LogP) is 3.74. The molecule has 1 fully saturated rings. The van der Waals surface area contributed by atoms with Crippen molar-refractivity contribution >= 4 is 43.3 Å². The Hall–Kier alpha value is -4.04. The van der Waals surface area contributed by atoms with Gasteiger partial charge in [0.05, 0.1) is 26.7 Å². The molecule has 1 aliphatic rings. The summed E-state index contributed by atoms with van der Waals surface area (Å²) in [6, 6.07) is 11.2. The molecule has 1 amide bonds. The van der Waals surface area contributed by atoms with E-state index in [1.165, 1.54) is 0 Å². The van der Waals surface area contributed by atoms with Crippen LogP contribution in [0.3, 0.4) is 0 Å². The summed E-state index contributed by atoms with van der Waals surface area (Å²) in [5.74, 6) is -2.70. The van der Waals surface area contributed by atoms with Crippen LogP contribution in [0.5, 0.6) is 0 Å². The van der Waals surface area contributed by atoms with Crippen LogP contribution in [0.2, 0.25) is 0 Å². The van der Waals surface area contributed by atoms with Crippen LogP contribution in [0.25, 0.3) is 0 Å². The van der Waals surface area contributed by atoms with Crippen molar-refractivity contribution in [2.75, 3.05) is 29.1 Å². The second-order valence-electron chi connectivity index (χ2n) is 8.94. The highest BCUT2D eigenvalue weighted by Gasteiger charge is 2.22. The van der Waals surface area contributed by atoms with Gasteiger partial charge in [-0.25, -0.2) is 30.4 Å². The number of sulfonamides is 2. The van der Waals surface area contributed by atoms with Crippen molar-refractivity contribution in [3.05, 3.63) is 83.9 Å². The van der Waals surface area contributed by atoms with E-state index in [2.05, 4.69) is 9.44 Å². The van der Waals surface area contributed by atoms with Gasteiger partial charge in [-0.2, -0.15) is 0 Å². The molecule has 212 valence electrons. The Balaban J connectivity index is 1.62. The molecule has 3 aromatic rings. The maximum Gasteiger partial charge on any atom is 0.338 e. The summed E-state index contributed by atoms with van der Waals surface area (Å²) in [5.41, 5.74) is -0.710. The predicted molar refractivity (Wildman–Crippen MR) is 142 cm³/mol. The minimum absolute atomic E-state index is 0.224. The third-order valence-corrected chi connectivity index (χ3v) is 8.75.